The Hall–Kier alpha value is -2.48. The fourth-order valence-electron chi connectivity index (χ4n) is 6.95. The molecule has 2 heterocycles. The molecule has 0 N–H and O–H groups in total. The zero-order valence-corrected chi connectivity index (χ0v) is 31.5. The lowest BCUT2D eigenvalue weighted by Gasteiger charge is -2.36. The first-order chi connectivity index (χ1) is 23.9. The Morgan fingerprint density at radius 3 is 2.16 bits per heavy atom. The summed E-state index contributed by atoms with van der Waals surface area (Å²) in [6.07, 6.45) is 17.8. The Balaban J connectivity index is 1.11. The highest BCUT2D eigenvalue weighted by Gasteiger charge is 2.30. The molecule has 1 atom stereocenters. The van der Waals surface area contributed by atoms with Crippen molar-refractivity contribution in [3.63, 3.8) is 0 Å². The average molecular weight is 717 g/mol. The summed E-state index contributed by atoms with van der Waals surface area (Å²) < 4.78 is 11.9. The number of aryl methyl sites for hydroxylation is 1. The van der Waals surface area contributed by atoms with E-state index in [-0.39, 0.29) is 11.9 Å². The van der Waals surface area contributed by atoms with Gasteiger partial charge in [0.2, 0.25) is 5.91 Å². The molecule has 2 aromatic carbocycles. The second-order valence-electron chi connectivity index (χ2n) is 13.7. The molecule has 0 aliphatic carbocycles. The number of hydrogen-bond acceptors (Lipinski definition) is 6. The lowest BCUT2D eigenvalue weighted by Crippen LogP contribution is -2.46. The fourth-order valence-corrected chi connectivity index (χ4v) is 7.37. The summed E-state index contributed by atoms with van der Waals surface area (Å²) in [5.74, 6) is 0.482. The summed E-state index contributed by atoms with van der Waals surface area (Å²) in [6, 6.07) is 11.8. The zero-order chi connectivity index (χ0) is 34.8. The number of carbonyl (C=O) groups is 2. The van der Waals surface area contributed by atoms with Gasteiger partial charge in [0.1, 0.15) is 5.75 Å². The van der Waals surface area contributed by atoms with Crippen molar-refractivity contribution in [2.75, 3.05) is 49.1 Å². The van der Waals surface area contributed by atoms with Gasteiger partial charge >= 0.3 is 5.97 Å². The summed E-state index contributed by atoms with van der Waals surface area (Å²) in [4.78, 5) is 32.1. The fraction of sp³-hybridized carbons (Fsp3) is 0.650. The smallest absolute Gasteiger partial charge is 0.307 e. The quantitative estimate of drug-likeness (QED) is 0.0893. The molecule has 0 radical (unpaired) electrons. The third-order valence-electron chi connectivity index (χ3n) is 9.87. The maximum atomic E-state index is 13.0. The van der Waals surface area contributed by atoms with Crippen molar-refractivity contribution in [2.45, 2.75) is 129 Å². The predicted molar refractivity (Wildman–Crippen MR) is 203 cm³/mol. The summed E-state index contributed by atoms with van der Waals surface area (Å²) >= 11 is 12.6. The van der Waals surface area contributed by atoms with Crippen molar-refractivity contribution < 1.29 is 19.1 Å². The van der Waals surface area contributed by atoms with Crippen LogP contribution in [0.15, 0.2) is 36.4 Å². The number of unbranched alkanes of at least 4 members (excludes halogenated alkanes) is 12. The summed E-state index contributed by atoms with van der Waals surface area (Å²) in [6.45, 7) is 9.51. The molecule has 0 bridgehead atoms. The molecule has 4 rings (SSSR count). The van der Waals surface area contributed by atoms with E-state index in [0.717, 1.165) is 87.5 Å². The minimum Gasteiger partial charge on any atom is -0.494 e. The van der Waals surface area contributed by atoms with Gasteiger partial charge in [0, 0.05) is 45.1 Å². The van der Waals surface area contributed by atoms with Gasteiger partial charge in [-0.05, 0) is 62.9 Å². The molecule has 0 aromatic heterocycles. The van der Waals surface area contributed by atoms with Crippen LogP contribution < -0.4 is 14.5 Å². The molecule has 0 spiro atoms. The van der Waals surface area contributed by atoms with Crippen LogP contribution in [0.25, 0.3) is 0 Å². The number of rotatable bonds is 22. The predicted octanol–water partition coefficient (Wildman–Crippen LogP) is 10.2. The van der Waals surface area contributed by atoms with Crippen LogP contribution in [0.3, 0.4) is 0 Å². The number of piperazine rings is 1. The van der Waals surface area contributed by atoms with E-state index in [0.29, 0.717) is 35.9 Å². The molecular weight excluding hydrogens is 657 g/mol. The first kappa shape index (κ1) is 39.3. The Morgan fingerprint density at radius 2 is 1.47 bits per heavy atom. The number of nitrogens with zero attached hydrogens (tertiary/aromatic N) is 3. The number of esters is 1. The van der Waals surface area contributed by atoms with E-state index in [1.165, 1.54) is 57.8 Å². The molecule has 2 aliphatic heterocycles. The number of ether oxygens (including phenoxy) is 2. The molecule has 1 amide bonds. The van der Waals surface area contributed by atoms with Gasteiger partial charge in [-0.1, -0.05) is 113 Å². The minimum absolute atomic E-state index is 0.0203. The van der Waals surface area contributed by atoms with Crippen molar-refractivity contribution in [1.82, 2.24) is 4.90 Å². The second-order valence-corrected chi connectivity index (χ2v) is 14.5. The van der Waals surface area contributed by atoms with E-state index >= 15 is 0 Å². The lowest BCUT2D eigenvalue weighted by atomic mass is 10.0. The topological polar surface area (TPSA) is 62.3 Å². The number of halogens is 2. The van der Waals surface area contributed by atoms with E-state index in [4.69, 9.17) is 32.7 Å². The minimum atomic E-state index is -0.651. The van der Waals surface area contributed by atoms with Gasteiger partial charge in [0.25, 0.3) is 0 Å². The van der Waals surface area contributed by atoms with Crippen molar-refractivity contribution in [1.29, 1.82) is 0 Å². The van der Waals surface area contributed by atoms with Crippen LogP contribution in [0.2, 0.25) is 10.0 Å². The Bertz CT molecular complexity index is 1300. The third-order valence-corrected chi connectivity index (χ3v) is 10.7. The van der Waals surface area contributed by atoms with Gasteiger partial charge in [0.05, 0.1) is 28.0 Å². The van der Waals surface area contributed by atoms with Gasteiger partial charge in [-0.25, -0.2) is 0 Å². The molecular formula is C40H59Cl2N3O4. The molecule has 9 heteroatoms. The van der Waals surface area contributed by atoms with Gasteiger partial charge in [0.15, 0.2) is 6.23 Å². The molecule has 2 aromatic rings. The van der Waals surface area contributed by atoms with Gasteiger partial charge in [-0.3, -0.25) is 19.4 Å². The van der Waals surface area contributed by atoms with Crippen LogP contribution in [0.1, 0.15) is 122 Å². The summed E-state index contributed by atoms with van der Waals surface area (Å²) in [5, 5.41) is 1.22. The van der Waals surface area contributed by atoms with Gasteiger partial charge in [-0.15, -0.1) is 0 Å². The maximum absolute atomic E-state index is 13.0. The monoisotopic (exact) mass is 715 g/mol. The maximum Gasteiger partial charge on any atom is 0.307 e. The zero-order valence-electron chi connectivity index (χ0n) is 30.0. The normalized spacial score (nSPS) is 15.7. The highest BCUT2D eigenvalue weighted by molar-refractivity contribution is 6.43. The van der Waals surface area contributed by atoms with Crippen molar-refractivity contribution >= 4 is 46.5 Å². The Labute approximate surface area is 305 Å². The molecule has 49 heavy (non-hydrogen) atoms. The van der Waals surface area contributed by atoms with Crippen molar-refractivity contribution in [3.05, 3.63) is 52.0 Å². The van der Waals surface area contributed by atoms with Crippen LogP contribution in [0.4, 0.5) is 11.4 Å². The highest BCUT2D eigenvalue weighted by Crippen LogP contribution is 2.34. The van der Waals surface area contributed by atoms with E-state index < -0.39 is 6.23 Å². The first-order valence-corrected chi connectivity index (χ1v) is 19.8. The molecule has 7 nitrogen and oxygen atoms in total. The van der Waals surface area contributed by atoms with Crippen LogP contribution in [-0.4, -0.2) is 62.3 Å². The number of anilines is 2. The molecule has 272 valence electrons. The standard InChI is InChI=1S/C40H59Cl2N3O4/c1-3-4-5-6-7-8-9-10-11-12-13-14-20-39(47)49-32(2)45-37-31-34(23-21-33(37)22-24-38(45)46)48-30-16-15-25-43-26-28-44(29-27-43)36-19-17-18-35(41)40(36)42/h17-19,21,23,31-32H,3-16,20,22,24-30H2,1-2H3. The van der Waals surface area contributed by atoms with Crippen molar-refractivity contribution in [3.8, 4) is 5.75 Å². The highest BCUT2D eigenvalue weighted by atomic mass is 35.5. The van der Waals surface area contributed by atoms with Crippen molar-refractivity contribution in [2.24, 2.45) is 0 Å². The lowest BCUT2D eigenvalue weighted by molar-refractivity contribution is -0.149. The van der Waals surface area contributed by atoms with Crippen LogP contribution in [0, 0.1) is 0 Å². The summed E-state index contributed by atoms with van der Waals surface area (Å²) in [7, 11) is 0. The number of carbonyl (C=O) groups excluding carboxylic acids is 2. The number of fused-ring (bicyclic) bond motifs is 1. The molecule has 1 saturated heterocycles. The van der Waals surface area contributed by atoms with Gasteiger partial charge < -0.3 is 14.4 Å². The van der Waals surface area contributed by atoms with Crippen LogP contribution in [0.5, 0.6) is 5.75 Å². The van der Waals surface area contributed by atoms with Crippen LogP contribution >= 0.6 is 23.2 Å². The Morgan fingerprint density at radius 1 is 0.796 bits per heavy atom. The summed E-state index contributed by atoms with van der Waals surface area (Å²) in [5.41, 5.74) is 2.88. The van der Waals surface area contributed by atoms with E-state index in [1.807, 2.05) is 36.4 Å². The van der Waals surface area contributed by atoms with E-state index in [2.05, 4.69) is 16.7 Å². The Kier molecular flexibility index (Phi) is 17.4. The largest absolute Gasteiger partial charge is 0.494 e. The molecule has 1 fully saturated rings. The second kappa shape index (κ2) is 21.7. The number of hydrogen-bond donors (Lipinski definition) is 0. The van der Waals surface area contributed by atoms with Crippen LogP contribution in [-0.2, 0) is 20.7 Å². The molecule has 2 aliphatic rings. The van der Waals surface area contributed by atoms with E-state index in [1.54, 1.807) is 11.8 Å². The third kappa shape index (κ3) is 13.0. The average Bonchev–Trinajstić information content (AvgIpc) is 3.10. The number of benzene rings is 2. The molecule has 0 saturated carbocycles. The molecule has 1 unspecified atom stereocenters. The first-order valence-electron chi connectivity index (χ1n) is 19.1. The number of amides is 1. The van der Waals surface area contributed by atoms with Gasteiger partial charge in [-0.2, -0.15) is 0 Å². The van der Waals surface area contributed by atoms with E-state index in [9.17, 15) is 9.59 Å². The SMILES string of the molecule is CCCCCCCCCCCCCCC(=O)OC(C)N1C(=O)CCc2ccc(OCCCCN3CCN(c4cccc(Cl)c4Cl)CC3)cc21.